The molecule has 2 aromatic rings. The van der Waals surface area contributed by atoms with Crippen LogP contribution < -0.4 is 10.1 Å². The van der Waals surface area contributed by atoms with Crippen molar-refractivity contribution in [1.82, 2.24) is 19.8 Å². The van der Waals surface area contributed by atoms with Crippen molar-refractivity contribution in [3.05, 3.63) is 48.0 Å². The Morgan fingerprint density at radius 1 is 1.22 bits per heavy atom. The Morgan fingerprint density at radius 2 is 1.97 bits per heavy atom. The van der Waals surface area contributed by atoms with Crippen LogP contribution in [0.25, 0.3) is 0 Å². The van der Waals surface area contributed by atoms with Crippen LogP contribution in [0.4, 0.5) is 0 Å². The largest absolute Gasteiger partial charge is 0.497 e. The van der Waals surface area contributed by atoms with Crippen LogP contribution in [0.2, 0.25) is 0 Å². The van der Waals surface area contributed by atoms with Gasteiger partial charge >= 0.3 is 0 Å². The highest BCUT2D eigenvalue weighted by atomic mass is 16.5. The van der Waals surface area contributed by atoms with Gasteiger partial charge in [-0.25, -0.2) is 4.98 Å². The van der Waals surface area contributed by atoms with E-state index in [1.54, 1.807) is 7.11 Å². The molecule has 1 aromatic carbocycles. The van der Waals surface area contributed by atoms with Gasteiger partial charge in [-0.05, 0) is 49.3 Å². The monoisotopic (exact) mass is 438 g/mol. The van der Waals surface area contributed by atoms with Gasteiger partial charge in [0.1, 0.15) is 17.2 Å². The molecule has 1 unspecified atom stereocenters. The topological polar surface area (TPSA) is 68.6 Å². The van der Waals surface area contributed by atoms with E-state index in [2.05, 4.69) is 19.8 Å². The number of aromatic nitrogens is 2. The van der Waals surface area contributed by atoms with Gasteiger partial charge in [0, 0.05) is 38.6 Å². The molecule has 1 aromatic heterocycles. The second-order valence-electron chi connectivity index (χ2n) is 9.52. The predicted octanol–water partition coefficient (Wildman–Crippen LogP) is 3.09. The van der Waals surface area contributed by atoms with Gasteiger partial charge in [-0.1, -0.05) is 25.0 Å². The van der Waals surface area contributed by atoms with Crippen molar-refractivity contribution in [2.75, 3.05) is 26.7 Å². The third kappa shape index (κ3) is 4.41. The van der Waals surface area contributed by atoms with Crippen LogP contribution in [0.15, 0.2) is 36.7 Å². The molecule has 32 heavy (non-hydrogen) atoms. The van der Waals surface area contributed by atoms with E-state index in [1.807, 2.05) is 36.7 Å². The number of nitrogens with one attached hydrogen (secondary N) is 1. The first kappa shape index (κ1) is 21.5. The number of rotatable bonds is 6. The van der Waals surface area contributed by atoms with E-state index in [-0.39, 0.29) is 5.91 Å². The van der Waals surface area contributed by atoms with Gasteiger partial charge in [0.25, 0.3) is 5.91 Å². The van der Waals surface area contributed by atoms with Crippen molar-refractivity contribution in [2.24, 2.45) is 5.92 Å². The number of imidazole rings is 1. The minimum absolute atomic E-state index is 0.0621. The molecule has 7 heteroatoms. The summed E-state index contributed by atoms with van der Waals surface area (Å²) in [5.41, 5.74) is 0.573. The van der Waals surface area contributed by atoms with Gasteiger partial charge in [0.05, 0.1) is 13.7 Å². The van der Waals surface area contributed by atoms with Crippen LogP contribution in [-0.2, 0) is 28.2 Å². The number of ether oxygens (including phenoxy) is 2. The molecular formula is C25H34N4O3. The highest BCUT2D eigenvalue weighted by Gasteiger charge is 2.47. The number of hydrogen-bond donors (Lipinski definition) is 1. The Kier molecular flexibility index (Phi) is 6.20. The molecule has 2 fully saturated rings. The summed E-state index contributed by atoms with van der Waals surface area (Å²) in [6.07, 6.45) is 10.6. The Balaban J connectivity index is 1.22. The minimum atomic E-state index is -0.503. The van der Waals surface area contributed by atoms with Crippen LogP contribution in [-0.4, -0.2) is 53.2 Å². The van der Waals surface area contributed by atoms with Crippen LogP contribution in [0, 0.1) is 5.92 Å². The van der Waals surface area contributed by atoms with Crippen molar-refractivity contribution < 1.29 is 14.3 Å². The van der Waals surface area contributed by atoms with Crippen molar-refractivity contribution in [1.29, 1.82) is 0 Å². The number of carbonyl (C=O) groups is 1. The van der Waals surface area contributed by atoms with E-state index in [4.69, 9.17) is 9.47 Å². The first-order chi connectivity index (χ1) is 15.6. The number of nitrogens with zero attached hydrogens (tertiary/aromatic N) is 3. The lowest BCUT2D eigenvalue weighted by molar-refractivity contribution is -0.174. The summed E-state index contributed by atoms with van der Waals surface area (Å²) in [6, 6.07) is 7.75. The highest BCUT2D eigenvalue weighted by molar-refractivity contribution is 5.81. The number of likely N-dealkylation sites (tertiary alicyclic amines) is 1. The molecule has 172 valence electrons. The first-order valence-corrected chi connectivity index (χ1v) is 12.0. The van der Waals surface area contributed by atoms with Gasteiger partial charge in [0.2, 0.25) is 0 Å². The molecule has 1 atom stereocenters. The van der Waals surface area contributed by atoms with E-state index in [0.29, 0.717) is 13.1 Å². The summed E-state index contributed by atoms with van der Waals surface area (Å²) in [4.78, 5) is 20.3. The molecule has 0 bridgehead atoms. The second-order valence-corrected chi connectivity index (χ2v) is 9.52. The maximum absolute atomic E-state index is 13.0. The van der Waals surface area contributed by atoms with E-state index in [0.717, 1.165) is 49.0 Å². The highest BCUT2D eigenvalue weighted by Crippen LogP contribution is 2.40. The molecule has 1 N–H and O–H groups in total. The third-order valence-electron chi connectivity index (χ3n) is 7.43. The number of amides is 1. The van der Waals surface area contributed by atoms with Gasteiger partial charge in [-0.3, -0.25) is 4.79 Å². The van der Waals surface area contributed by atoms with Crippen LogP contribution in [0.1, 0.15) is 49.9 Å². The molecule has 1 spiro atoms. The van der Waals surface area contributed by atoms with Crippen molar-refractivity contribution >= 4 is 5.91 Å². The predicted molar refractivity (Wildman–Crippen MR) is 121 cm³/mol. The molecule has 1 saturated carbocycles. The fourth-order valence-electron chi connectivity index (χ4n) is 5.58. The van der Waals surface area contributed by atoms with Gasteiger partial charge in [-0.2, -0.15) is 0 Å². The van der Waals surface area contributed by atoms with Gasteiger partial charge in [0.15, 0.2) is 6.10 Å². The third-order valence-corrected chi connectivity index (χ3v) is 7.43. The summed E-state index contributed by atoms with van der Waals surface area (Å²) in [6.45, 7) is 4.20. The normalized spacial score (nSPS) is 23.2. The summed E-state index contributed by atoms with van der Waals surface area (Å²) in [7, 11) is 1.65. The molecular weight excluding hydrogens is 404 g/mol. The molecule has 7 nitrogen and oxygen atoms in total. The quantitative estimate of drug-likeness (QED) is 0.751. The SMILES string of the molecule is COc1ccc(CNC(=O)C2Cn3ccnc3C3(CCN(CC4CCCC4)CC3)O2)cc1. The van der Waals surface area contributed by atoms with E-state index >= 15 is 0 Å². The molecule has 3 aliphatic rings. The van der Waals surface area contributed by atoms with Crippen LogP contribution in [0.3, 0.4) is 0 Å². The lowest BCUT2D eigenvalue weighted by Gasteiger charge is -2.46. The summed E-state index contributed by atoms with van der Waals surface area (Å²) in [5.74, 6) is 2.59. The maximum atomic E-state index is 13.0. The number of fused-ring (bicyclic) bond motifs is 2. The zero-order valence-electron chi connectivity index (χ0n) is 19.0. The van der Waals surface area contributed by atoms with E-state index in [1.165, 1.54) is 32.2 Å². The Bertz CT molecular complexity index is 912. The summed E-state index contributed by atoms with van der Waals surface area (Å²) < 4.78 is 13.9. The lowest BCUT2D eigenvalue weighted by Crippen LogP contribution is -2.54. The number of hydrogen-bond acceptors (Lipinski definition) is 5. The average molecular weight is 439 g/mol. The van der Waals surface area contributed by atoms with Gasteiger partial charge < -0.3 is 24.3 Å². The molecule has 1 amide bonds. The standard InChI is InChI=1S/C25H34N4O3/c1-31-21-8-6-19(7-9-21)16-27-23(30)22-18-29-15-12-26-24(29)25(32-22)10-13-28(14-11-25)17-20-4-2-3-5-20/h6-9,12,15,20,22H,2-5,10-11,13-14,16-18H2,1H3,(H,27,30). The molecule has 1 aliphatic carbocycles. The number of benzene rings is 1. The van der Waals surface area contributed by atoms with Crippen molar-refractivity contribution in [3.8, 4) is 5.75 Å². The molecule has 3 heterocycles. The first-order valence-electron chi connectivity index (χ1n) is 12.0. The molecule has 5 rings (SSSR count). The van der Waals surface area contributed by atoms with Crippen LogP contribution >= 0.6 is 0 Å². The fourth-order valence-corrected chi connectivity index (χ4v) is 5.58. The van der Waals surface area contributed by atoms with Crippen molar-refractivity contribution in [3.63, 3.8) is 0 Å². The second kappa shape index (κ2) is 9.24. The average Bonchev–Trinajstić information content (AvgIpc) is 3.52. The van der Waals surface area contributed by atoms with E-state index < -0.39 is 11.7 Å². The zero-order chi connectivity index (χ0) is 22.0. The van der Waals surface area contributed by atoms with Crippen molar-refractivity contribution in [2.45, 2.75) is 63.3 Å². The molecule has 1 saturated heterocycles. The minimum Gasteiger partial charge on any atom is -0.497 e. The number of methoxy groups -OCH3 is 1. The van der Waals surface area contributed by atoms with Gasteiger partial charge in [-0.15, -0.1) is 0 Å². The zero-order valence-corrected chi connectivity index (χ0v) is 19.0. The number of carbonyl (C=O) groups excluding carboxylic acids is 1. The molecule has 2 aliphatic heterocycles. The Labute approximate surface area is 190 Å². The maximum Gasteiger partial charge on any atom is 0.251 e. The Morgan fingerprint density at radius 3 is 2.69 bits per heavy atom. The van der Waals surface area contributed by atoms with E-state index in [9.17, 15) is 4.79 Å². The fraction of sp³-hybridized carbons (Fsp3) is 0.600. The molecule has 0 radical (unpaired) electrons. The van der Waals surface area contributed by atoms with Crippen LogP contribution in [0.5, 0.6) is 5.75 Å². The summed E-state index contributed by atoms with van der Waals surface area (Å²) in [5, 5.41) is 3.06. The smallest absolute Gasteiger partial charge is 0.251 e. The number of piperidine rings is 1. The summed E-state index contributed by atoms with van der Waals surface area (Å²) >= 11 is 0. The Hall–Kier alpha value is -2.38. The lowest BCUT2D eigenvalue weighted by atomic mass is 9.88.